The maximum absolute atomic E-state index is 15.6. The molecule has 1 saturated heterocycles. The molecular formula is C28H32B2FN3O10. The highest BCUT2D eigenvalue weighted by molar-refractivity contribution is 6.43. The van der Waals surface area contributed by atoms with Gasteiger partial charge in [-0.05, 0) is 31.3 Å². The van der Waals surface area contributed by atoms with Crippen LogP contribution in [0.3, 0.4) is 0 Å². The summed E-state index contributed by atoms with van der Waals surface area (Å²) < 4.78 is 27.1. The molecule has 0 aliphatic carbocycles. The second-order valence-corrected chi connectivity index (χ2v) is 11.0. The number of hydrogen-bond donors (Lipinski definition) is 6. The first-order valence-electron chi connectivity index (χ1n) is 13.6. The van der Waals surface area contributed by atoms with E-state index in [-0.39, 0.29) is 46.2 Å². The molecule has 0 aromatic heterocycles. The second kappa shape index (κ2) is 11.9. The third-order valence-corrected chi connectivity index (χ3v) is 7.69. The van der Waals surface area contributed by atoms with E-state index in [0.29, 0.717) is 25.2 Å². The Balaban J connectivity index is 1.68. The molecule has 4 radical (unpaired) electrons. The van der Waals surface area contributed by atoms with Crippen molar-refractivity contribution in [1.82, 2.24) is 15.1 Å². The number of ether oxygens (including phenoxy) is 2. The Morgan fingerprint density at radius 1 is 1.11 bits per heavy atom. The van der Waals surface area contributed by atoms with E-state index in [9.17, 15) is 39.9 Å². The van der Waals surface area contributed by atoms with Crippen LogP contribution >= 0.6 is 0 Å². The molecule has 0 saturated carbocycles. The second-order valence-electron chi connectivity index (χ2n) is 11.0. The SMILES string of the molecule is [B]C1([B])c2c(OCc3cccc(CN4CC(C)OC(C)C4)c3F)cccc2C(=O)N1C(O)(C(=O)NC)C(O)(O)C(O)(O)C=O. The van der Waals surface area contributed by atoms with Gasteiger partial charge in [0.15, 0.2) is 6.29 Å². The molecule has 0 spiro atoms. The summed E-state index contributed by atoms with van der Waals surface area (Å²) in [5.41, 5.74) is -4.29. The van der Waals surface area contributed by atoms with Gasteiger partial charge in [-0.15, -0.1) is 0 Å². The summed E-state index contributed by atoms with van der Waals surface area (Å²) >= 11 is 0. The molecule has 44 heavy (non-hydrogen) atoms. The number of carbonyl (C=O) groups is 3. The van der Waals surface area contributed by atoms with Crippen LogP contribution in [0.25, 0.3) is 0 Å². The van der Waals surface area contributed by atoms with Gasteiger partial charge in [0.05, 0.1) is 27.9 Å². The van der Waals surface area contributed by atoms with Crippen LogP contribution in [0.1, 0.15) is 40.9 Å². The highest BCUT2D eigenvalue weighted by atomic mass is 19.1. The quantitative estimate of drug-likeness (QED) is 0.0983. The zero-order chi connectivity index (χ0) is 32.8. The number of hydrogen-bond acceptors (Lipinski definition) is 11. The molecule has 2 aromatic carbocycles. The summed E-state index contributed by atoms with van der Waals surface area (Å²) in [5.74, 6) is -12.6. The lowest BCUT2D eigenvalue weighted by Gasteiger charge is -2.51. The molecule has 13 nitrogen and oxygen atoms in total. The summed E-state index contributed by atoms with van der Waals surface area (Å²) in [6.45, 7) is 5.03. The lowest BCUT2D eigenvalue weighted by atomic mass is 9.57. The maximum Gasteiger partial charge on any atom is 0.285 e. The van der Waals surface area contributed by atoms with Crippen molar-refractivity contribution in [2.24, 2.45) is 0 Å². The van der Waals surface area contributed by atoms with Crippen LogP contribution in [0.5, 0.6) is 5.75 Å². The van der Waals surface area contributed by atoms with Gasteiger partial charge >= 0.3 is 0 Å². The number of halogens is 1. The predicted octanol–water partition coefficient (Wildman–Crippen LogP) is -2.09. The Labute approximate surface area is 255 Å². The lowest BCUT2D eigenvalue weighted by Crippen LogP contribution is -2.81. The summed E-state index contributed by atoms with van der Waals surface area (Å²) in [6, 6.07) is 8.56. The Morgan fingerprint density at radius 2 is 1.70 bits per heavy atom. The van der Waals surface area contributed by atoms with Crippen molar-refractivity contribution in [2.45, 2.75) is 61.8 Å². The third-order valence-electron chi connectivity index (χ3n) is 7.69. The molecule has 1 fully saturated rings. The highest BCUT2D eigenvalue weighted by Crippen LogP contribution is 2.47. The van der Waals surface area contributed by atoms with E-state index in [1.165, 1.54) is 18.2 Å². The number of fused-ring (bicyclic) bond motifs is 1. The van der Waals surface area contributed by atoms with Crippen LogP contribution in [-0.2, 0) is 32.8 Å². The van der Waals surface area contributed by atoms with Crippen LogP contribution < -0.4 is 10.1 Å². The number of amides is 2. The zero-order valence-corrected chi connectivity index (χ0v) is 24.2. The topological polar surface area (TPSA) is 189 Å². The number of morpholine rings is 1. The summed E-state index contributed by atoms with van der Waals surface area (Å²) in [6.07, 6.45) is -0.826. The molecule has 2 aliphatic rings. The molecule has 2 aliphatic heterocycles. The minimum Gasteiger partial charge on any atom is -0.488 e. The minimum atomic E-state index is -4.48. The predicted molar refractivity (Wildman–Crippen MR) is 151 cm³/mol. The summed E-state index contributed by atoms with van der Waals surface area (Å²) in [5, 5.41) is 51.5. The fraction of sp³-hybridized carbons (Fsp3) is 0.464. The number of carbonyl (C=O) groups excluding carboxylic acids is 3. The van der Waals surface area contributed by atoms with Gasteiger partial charge in [0.25, 0.3) is 29.1 Å². The van der Waals surface area contributed by atoms with Crippen LogP contribution in [0, 0.1) is 5.82 Å². The molecule has 3 atom stereocenters. The molecule has 3 unspecified atom stereocenters. The van der Waals surface area contributed by atoms with Crippen molar-refractivity contribution < 1.29 is 53.8 Å². The van der Waals surface area contributed by atoms with Gasteiger partial charge < -0.3 is 45.2 Å². The first-order valence-corrected chi connectivity index (χ1v) is 13.6. The van der Waals surface area contributed by atoms with Crippen LogP contribution in [0.15, 0.2) is 36.4 Å². The number of aldehydes is 1. The molecule has 6 N–H and O–H groups in total. The van der Waals surface area contributed by atoms with E-state index >= 15 is 4.39 Å². The van der Waals surface area contributed by atoms with E-state index in [1.807, 2.05) is 19.2 Å². The normalized spacial score (nSPS) is 21.8. The Bertz CT molecular complexity index is 1450. The molecule has 232 valence electrons. The first kappa shape index (κ1) is 33.5. The van der Waals surface area contributed by atoms with Crippen molar-refractivity contribution in [3.05, 3.63) is 64.5 Å². The molecule has 0 bridgehead atoms. The van der Waals surface area contributed by atoms with E-state index in [4.69, 9.17) is 25.2 Å². The van der Waals surface area contributed by atoms with Crippen molar-refractivity contribution in [3.8, 4) is 5.75 Å². The van der Waals surface area contributed by atoms with E-state index in [0.717, 1.165) is 13.1 Å². The minimum absolute atomic E-state index is 0.0175. The fourth-order valence-corrected chi connectivity index (χ4v) is 5.66. The average molecular weight is 611 g/mol. The fourth-order valence-electron chi connectivity index (χ4n) is 5.66. The number of aliphatic hydroxyl groups is 5. The van der Waals surface area contributed by atoms with Gasteiger partial charge in [0.1, 0.15) is 18.2 Å². The van der Waals surface area contributed by atoms with Gasteiger partial charge in [-0.2, -0.15) is 0 Å². The summed E-state index contributed by atoms with van der Waals surface area (Å²) in [4.78, 5) is 39.6. The zero-order valence-electron chi connectivity index (χ0n) is 24.2. The van der Waals surface area contributed by atoms with Crippen molar-refractivity contribution in [1.29, 1.82) is 0 Å². The molecular weight excluding hydrogens is 579 g/mol. The summed E-state index contributed by atoms with van der Waals surface area (Å²) in [7, 11) is 13.4. The van der Waals surface area contributed by atoms with E-state index in [1.54, 1.807) is 12.1 Å². The van der Waals surface area contributed by atoms with Crippen molar-refractivity contribution in [2.75, 3.05) is 20.1 Å². The van der Waals surface area contributed by atoms with Gasteiger partial charge in [-0.3, -0.25) is 19.3 Å². The average Bonchev–Trinajstić information content (AvgIpc) is 3.17. The monoisotopic (exact) mass is 611 g/mol. The largest absolute Gasteiger partial charge is 0.488 e. The Hall–Kier alpha value is -3.37. The smallest absolute Gasteiger partial charge is 0.285 e. The molecule has 4 rings (SSSR count). The van der Waals surface area contributed by atoms with Crippen molar-refractivity contribution >= 4 is 33.8 Å². The molecule has 2 aromatic rings. The number of rotatable bonds is 10. The number of benzene rings is 2. The Morgan fingerprint density at radius 3 is 2.30 bits per heavy atom. The number of nitrogens with zero attached hydrogens (tertiary/aromatic N) is 2. The van der Waals surface area contributed by atoms with Crippen molar-refractivity contribution in [3.63, 3.8) is 0 Å². The lowest BCUT2D eigenvalue weighted by molar-refractivity contribution is -0.400. The van der Waals surface area contributed by atoms with Gasteiger partial charge in [-0.25, -0.2) is 4.39 Å². The van der Waals surface area contributed by atoms with E-state index < -0.39 is 46.6 Å². The van der Waals surface area contributed by atoms with Crippen LogP contribution in [-0.4, -0.2) is 119 Å². The molecule has 16 heteroatoms. The van der Waals surface area contributed by atoms with Gasteiger partial charge in [0, 0.05) is 48.9 Å². The van der Waals surface area contributed by atoms with Crippen LogP contribution in [0.4, 0.5) is 4.39 Å². The van der Waals surface area contributed by atoms with Gasteiger partial charge in [-0.1, -0.05) is 24.3 Å². The number of likely N-dealkylation sites (N-methyl/N-ethyl adjacent to an activating group) is 1. The Kier molecular flexibility index (Phi) is 9.03. The first-order chi connectivity index (χ1) is 20.4. The van der Waals surface area contributed by atoms with E-state index in [2.05, 4.69) is 4.90 Å². The molecule has 2 heterocycles. The maximum atomic E-state index is 15.6. The standard InChI is InChI=1S/C28H32B2FN3O10/c1-15-10-33(11-16(2)44-15)12-17-6-4-7-18(22(17)31)13-43-20-9-5-8-19-21(20)27(29,30)34(23(19)36)26(40,24(37)32-3)28(41,42)25(38,39)14-35/h4-9,14-16,38-42H,10-13H2,1-3H3,(H,32,37). The molecule has 2 amide bonds. The highest BCUT2D eigenvalue weighted by Gasteiger charge is 2.72. The van der Waals surface area contributed by atoms with Gasteiger partial charge in [0.2, 0.25) is 0 Å². The van der Waals surface area contributed by atoms with Crippen LogP contribution in [0.2, 0.25) is 0 Å². The number of nitrogens with one attached hydrogen (secondary N) is 1. The third kappa shape index (κ3) is 5.40.